The molecule has 1 aliphatic rings. The van der Waals surface area contributed by atoms with E-state index in [2.05, 4.69) is 30.9 Å². The van der Waals surface area contributed by atoms with Crippen LogP contribution in [-0.4, -0.2) is 91.6 Å². The molecule has 0 radical (unpaired) electrons. The fraction of sp³-hybridized carbons (Fsp3) is 0.463. The Balaban J connectivity index is 1.33. The molecule has 3 heterocycles. The number of nitrogens with one attached hydrogen (secondary N) is 3. The number of rotatable bonds is 13. The minimum atomic E-state index is -1.06. The van der Waals surface area contributed by atoms with Crippen molar-refractivity contribution in [3.8, 4) is 5.88 Å². The molecule has 4 aromatic rings. The van der Waals surface area contributed by atoms with Gasteiger partial charge < -0.3 is 25.8 Å². The van der Waals surface area contributed by atoms with Crippen molar-refractivity contribution in [2.75, 3.05) is 13.1 Å². The van der Waals surface area contributed by atoms with Gasteiger partial charge in [0.05, 0.1) is 23.7 Å². The Morgan fingerprint density at radius 1 is 0.943 bits per heavy atom. The van der Waals surface area contributed by atoms with Crippen molar-refractivity contribution in [2.24, 2.45) is 5.92 Å². The van der Waals surface area contributed by atoms with Gasteiger partial charge in [0.1, 0.15) is 23.7 Å². The summed E-state index contributed by atoms with van der Waals surface area (Å²) in [4.78, 5) is 56.4. The number of carbonyl (C=O) groups is 3. The van der Waals surface area contributed by atoms with E-state index in [1.807, 2.05) is 114 Å². The largest absolute Gasteiger partial charge is 0.474 e. The van der Waals surface area contributed by atoms with E-state index in [9.17, 15) is 19.5 Å². The highest BCUT2D eigenvalue weighted by Gasteiger charge is 2.38. The maximum Gasteiger partial charge on any atom is 0.270 e. The summed E-state index contributed by atoms with van der Waals surface area (Å²) in [7, 11) is 0. The van der Waals surface area contributed by atoms with E-state index in [1.165, 1.54) is 0 Å². The monoisotopic (exact) mass is 723 g/mol. The molecular formula is C41H53N7O5. The number of fused-ring (bicyclic) bond motifs is 1. The Labute approximate surface area is 312 Å². The Bertz CT molecular complexity index is 1860. The molecule has 1 aliphatic heterocycles. The molecule has 0 bridgehead atoms. The molecule has 3 amide bonds. The average molecular weight is 724 g/mol. The van der Waals surface area contributed by atoms with Gasteiger partial charge >= 0.3 is 0 Å². The first-order valence-corrected chi connectivity index (χ1v) is 18.4. The van der Waals surface area contributed by atoms with Crippen LogP contribution in [0.3, 0.4) is 0 Å². The summed E-state index contributed by atoms with van der Waals surface area (Å²) in [5, 5.41) is 21.9. The van der Waals surface area contributed by atoms with Gasteiger partial charge in [-0.15, -0.1) is 0 Å². The van der Waals surface area contributed by atoms with Crippen LogP contribution < -0.4 is 20.7 Å². The van der Waals surface area contributed by atoms with E-state index >= 15 is 0 Å². The van der Waals surface area contributed by atoms with Crippen LogP contribution in [0.25, 0.3) is 10.9 Å². The second-order valence-corrected chi connectivity index (χ2v) is 15.4. The Morgan fingerprint density at radius 2 is 1.66 bits per heavy atom. The minimum Gasteiger partial charge on any atom is -0.474 e. The summed E-state index contributed by atoms with van der Waals surface area (Å²) in [6.07, 6.45) is -0.00602. The van der Waals surface area contributed by atoms with Crippen molar-refractivity contribution in [1.29, 1.82) is 0 Å². The summed E-state index contributed by atoms with van der Waals surface area (Å²) < 4.78 is 6.28. The first-order valence-electron chi connectivity index (χ1n) is 18.4. The molecule has 0 spiro atoms. The van der Waals surface area contributed by atoms with Crippen LogP contribution in [0.15, 0.2) is 72.8 Å². The van der Waals surface area contributed by atoms with Crippen LogP contribution in [0, 0.1) is 19.8 Å². The Morgan fingerprint density at radius 3 is 2.36 bits per heavy atom. The lowest BCUT2D eigenvalue weighted by molar-refractivity contribution is -0.132. The highest BCUT2D eigenvalue weighted by molar-refractivity contribution is 5.98. The lowest BCUT2D eigenvalue weighted by Crippen LogP contribution is -2.60. The van der Waals surface area contributed by atoms with Crippen LogP contribution in [0.5, 0.6) is 5.88 Å². The van der Waals surface area contributed by atoms with Crippen molar-refractivity contribution >= 4 is 28.6 Å². The molecule has 4 N–H and O–H groups in total. The third-order valence-electron chi connectivity index (χ3n) is 9.27. The Hall–Kier alpha value is -4.94. The number of likely N-dealkylation sites (tertiary alicyclic amines) is 1. The summed E-state index contributed by atoms with van der Waals surface area (Å²) >= 11 is 0. The molecule has 53 heavy (non-hydrogen) atoms. The number of carbonyl (C=O) groups excluding carboxylic acids is 3. The second kappa shape index (κ2) is 17.3. The standard InChI is InChI=1S/C41H53N7O5/c1-25(2)37(46-38(50)32-18-17-29-15-11-12-16-31(29)44-32)40(52)45-33(22-28-13-9-8-10-14-28)35(49)24-48-20-19-30(23-34(48)39(51)47-41(5,6)7)53-36-21-26(3)42-27(4)43-36/h8-18,21,25,30,33-35,37,49H,19-20,22-24H2,1-7H3,(H,45,52)(H,46,50)(H,47,51)/t30-,33+,34+,35-,37+/m1/s1. The van der Waals surface area contributed by atoms with Crippen molar-refractivity contribution in [3.63, 3.8) is 0 Å². The lowest BCUT2D eigenvalue weighted by atomic mass is 9.94. The molecule has 282 valence electrons. The zero-order valence-corrected chi connectivity index (χ0v) is 31.8. The number of hydrogen-bond donors (Lipinski definition) is 4. The highest BCUT2D eigenvalue weighted by Crippen LogP contribution is 2.25. The summed E-state index contributed by atoms with van der Waals surface area (Å²) in [6, 6.07) is 20.2. The van der Waals surface area contributed by atoms with Crippen LogP contribution in [0.2, 0.25) is 0 Å². The number of β-amino-alcohol motifs (C(OH)–C–C–N with tert-alkyl or cyclic N) is 1. The smallest absolute Gasteiger partial charge is 0.270 e. The van der Waals surface area contributed by atoms with E-state index in [4.69, 9.17) is 4.74 Å². The number of hydrogen-bond acceptors (Lipinski definition) is 9. The van der Waals surface area contributed by atoms with E-state index in [0.29, 0.717) is 43.0 Å². The van der Waals surface area contributed by atoms with E-state index in [1.54, 1.807) is 12.1 Å². The highest BCUT2D eigenvalue weighted by atomic mass is 16.5. The number of nitrogens with zero attached hydrogens (tertiary/aromatic N) is 4. The van der Waals surface area contributed by atoms with Gasteiger partial charge in [0.15, 0.2) is 0 Å². The van der Waals surface area contributed by atoms with Crippen molar-refractivity contribution in [2.45, 2.75) is 104 Å². The second-order valence-electron chi connectivity index (χ2n) is 15.4. The van der Waals surface area contributed by atoms with Gasteiger partial charge in [-0.2, -0.15) is 4.98 Å². The summed E-state index contributed by atoms with van der Waals surface area (Å²) in [6.45, 7) is 13.8. The lowest BCUT2D eigenvalue weighted by Gasteiger charge is -2.41. The fourth-order valence-corrected chi connectivity index (χ4v) is 6.68. The number of aliphatic hydroxyl groups is 1. The van der Waals surface area contributed by atoms with Gasteiger partial charge in [-0.3, -0.25) is 19.3 Å². The first-order chi connectivity index (χ1) is 25.1. The van der Waals surface area contributed by atoms with Gasteiger partial charge in [-0.05, 0) is 71.1 Å². The molecule has 0 unspecified atom stereocenters. The molecule has 1 saturated heterocycles. The third kappa shape index (κ3) is 11.0. The molecule has 2 aromatic heterocycles. The number of pyridine rings is 1. The van der Waals surface area contributed by atoms with Crippen molar-refractivity contribution in [3.05, 3.63) is 95.6 Å². The number of ether oxygens (including phenoxy) is 1. The average Bonchev–Trinajstić information content (AvgIpc) is 3.09. The number of benzene rings is 2. The molecule has 5 rings (SSSR count). The molecule has 1 fully saturated rings. The van der Waals surface area contributed by atoms with Crippen LogP contribution in [0.4, 0.5) is 0 Å². The molecule has 0 saturated carbocycles. The Kier molecular flexibility index (Phi) is 12.8. The molecular weight excluding hydrogens is 670 g/mol. The maximum atomic E-state index is 14.0. The van der Waals surface area contributed by atoms with Gasteiger partial charge in [0.25, 0.3) is 5.91 Å². The number of piperidine rings is 1. The number of aryl methyl sites for hydroxylation is 2. The third-order valence-corrected chi connectivity index (χ3v) is 9.27. The van der Waals surface area contributed by atoms with Crippen LogP contribution in [0.1, 0.15) is 75.0 Å². The van der Waals surface area contributed by atoms with E-state index < -0.39 is 41.6 Å². The van der Waals surface area contributed by atoms with Gasteiger partial charge in [-0.1, -0.05) is 68.4 Å². The predicted octanol–water partition coefficient (Wildman–Crippen LogP) is 4.31. The number of para-hydroxylation sites is 1. The molecule has 12 heteroatoms. The minimum absolute atomic E-state index is 0.123. The molecule has 12 nitrogen and oxygen atoms in total. The molecule has 5 atom stereocenters. The van der Waals surface area contributed by atoms with Crippen molar-refractivity contribution < 1.29 is 24.2 Å². The molecule has 0 aliphatic carbocycles. The topological polar surface area (TPSA) is 159 Å². The zero-order chi connectivity index (χ0) is 38.3. The van der Waals surface area contributed by atoms with Crippen LogP contribution >= 0.6 is 0 Å². The first kappa shape index (κ1) is 39.3. The van der Waals surface area contributed by atoms with Gasteiger partial charge in [0.2, 0.25) is 17.7 Å². The molecule has 2 aromatic carbocycles. The fourth-order valence-electron chi connectivity index (χ4n) is 6.68. The zero-order valence-electron chi connectivity index (χ0n) is 31.8. The van der Waals surface area contributed by atoms with Gasteiger partial charge in [-0.25, -0.2) is 9.97 Å². The summed E-state index contributed by atoms with van der Waals surface area (Å²) in [5.41, 5.74) is 2.14. The maximum absolute atomic E-state index is 14.0. The van der Waals surface area contributed by atoms with E-state index in [-0.39, 0.29) is 30.2 Å². The van der Waals surface area contributed by atoms with Crippen LogP contribution in [-0.2, 0) is 16.0 Å². The SMILES string of the molecule is Cc1cc(O[C@@H]2CCN(C[C@@H](O)[C@H](Cc3ccccc3)NC(=O)[C@@H](NC(=O)c3ccc4ccccc4n3)C(C)C)[C@H](C(=O)NC(C)(C)C)C2)nc(C)n1. The van der Waals surface area contributed by atoms with E-state index in [0.717, 1.165) is 16.6 Å². The van der Waals surface area contributed by atoms with Crippen molar-refractivity contribution in [1.82, 2.24) is 35.8 Å². The number of aromatic nitrogens is 3. The number of amides is 3. The summed E-state index contributed by atoms with van der Waals surface area (Å²) in [5.74, 6) is -0.230. The predicted molar refractivity (Wildman–Crippen MR) is 204 cm³/mol. The number of aliphatic hydroxyl groups excluding tert-OH is 1. The normalized spacial score (nSPS) is 18.2. The van der Waals surface area contributed by atoms with Gasteiger partial charge in [0, 0.05) is 42.2 Å². The quantitative estimate of drug-likeness (QED) is 0.158.